The van der Waals surface area contributed by atoms with Gasteiger partial charge in [0.15, 0.2) is 5.76 Å². The molecule has 0 amide bonds. The predicted molar refractivity (Wildman–Crippen MR) is 97.9 cm³/mol. The number of esters is 1. The minimum Gasteiger partial charge on any atom is -0.494 e. The third-order valence-electron chi connectivity index (χ3n) is 3.83. The van der Waals surface area contributed by atoms with Crippen molar-refractivity contribution in [3.05, 3.63) is 71.9 Å². The van der Waals surface area contributed by atoms with E-state index in [1.54, 1.807) is 30.3 Å². The molecule has 0 saturated carbocycles. The molecule has 0 aliphatic rings. The molecule has 0 atom stereocenters. The molecule has 0 bridgehead atoms. The first kappa shape index (κ1) is 17.7. The number of unbranched alkanes of at least 4 members (excludes halogenated alkanes) is 1. The van der Waals surface area contributed by atoms with Crippen LogP contribution in [0.25, 0.3) is 11.3 Å². The summed E-state index contributed by atoms with van der Waals surface area (Å²) in [7, 11) is 0. The summed E-state index contributed by atoms with van der Waals surface area (Å²) in [6.07, 6.45) is 2.09. The standard InChI is InChI=1S/C21H21NO4/c1-2-3-13-24-19-11-9-17(10-12-19)21(23)25-15-18-14-20(26-22-18)16-7-5-4-6-8-16/h4-12,14H,2-3,13,15H2,1H3. The van der Waals surface area contributed by atoms with Crippen molar-refractivity contribution < 1.29 is 18.8 Å². The number of rotatable bonds is 8. The lowest BCUT2D eigenvalue weighted by molar-refractivity contribution is 0.0464. The van der Waals surface area contributed by atoms with E-state index >= 15 is 0 Å². The molecule has 0 aliphatic heterocycles. The molecule has 0 fully saturated rings. The van der Waals surface area contributed by atoms with Gasteiger partial charge in [0.25, 0.3) is 0 Å². The predicted octanol–water partition coefficient (Wildman–Crippen LogP) is 4.88. The highest BCUT2D eigenvalue weighted by Crippen LogP contribution is 2.20. The second-order valence-corrected chi connectivity index (χ2v) is 5.85. The molecule has 1 aromatic heterocycles. The van der Waals surface area contributed by atoms with E-state index in [1.165, 1.54) is 0 Å². The molecule has 0 unspecified atom stereocenters. The zero-order chi connectivity index (χ0) is 18.2. The minimum atomic E-state index is -0.408. The van der Waals surface area contributed by atoms with Crippen molar-refractivity contribution in [3.8, 4) is 17.1 Å². The van der Waals surface area contributed by atoms with Gasteiger partial charge in [-0.1, -0.05) is 48.8 Å². The number of aromatic nitrogens is 1. The molecule has 0 radical (unpaired) electrons. The van der Waals surface area contributed by atoms with Gasteiger partial charge in [0.2, 0.25) is 0 Å². The Morgan fingerprint density at radius 2 is 1.85 bits per heavy atom. The normalized spacial score (nSPS) is 10.5. The monoisotopic (exact) mass is 351 g/mol. The fourth-order valence-corrected chi connectivity index (χ4v) is 2.36. The fraction of sp³-hybridized carbons (Fsp3) is 0.238. The smallest absolute Gasteiger partial charge is 0.338 e. The second kappa shape index (κ2) is 8.85. The Morgan fingerprint density at radius 3 is 2.58 bits per heavy atom. The third kappa shape index (κ3) is 4.72. The number of benzene rings is 2. The van der Waals surface area contributed by atoms with Crippen molar-refractivity contribution in [3.63, 3.8) is 0 Å². The van der Waals surface area contributed by atoms with Crippen LogP contribution in [0.15, 0.2) is 65.2 Å². The van der Waals surface area contributed by atoms with Gasteiger partial charge < -0.3 is 14.0 Å². The molecule has 0 N–H and O–H groups in total. The number of carbonyl (C=O) groups excluding carboxylic acids is 1. The maximum atomic E-state index is 12.1. The summed E-state index contributed by atoms with van der Waals surface area (Å²) >= 11 is 0. The van der Waals surface area contributed by atoms with Crippen LogP contribution in [0.4, 0.5) is 0 Å². The molecule has 3 aromatic rings. The Balaban J connectivity index is 1.53. The van der Waals surface area contributed by atoms with Crippen LogP contribution in [-0.4, -0.2) is 17.7 Å². The molecule has 3 rings (SSSR count). The summed E-state index contributed by atoms with van der Waals surface area (Å²) in [5.41, 5.74) is 1.97. The highest BCUT2D eigenvalue weighted by Gasteiger charge is 2.11. The van der Waals surface area contributed by atoms with Crippen LogP contribution in [0, 0.1) is 0 Å². The number of ether oxygens (including phenoxy) is 2. The highest BCUT2D eigenvalue weighted by atomic mass is 16.5. The van der Waals surface area contributed by atoms with Gasteiger partial charge in [-0.3, -0.25) is 0 Å². The van der Waals surface area contributed by atoms with E-state index in [2.05, 4.69) is 12.1 Å². The van der Waals surface area contributed by atoms with Crippen molar-refractivity contribution in [1.29, 1.82) is 0 Å². The van der Waals surface area contributed by atoms with E-state index in [9.17, 15) is 4.79 Å². The Bertz CT molecular complexity index is 825. The molecule has 0 aliphatic carbocycles. The van der Waals surface area contributed by atoms with Crippen molar-refractivity contribution >= 4 is 5.97 Å². The topological polar surface area (TPSA) is 61.6 Å². The molecule has 0 spiro atoms. The van der Waals surface area contributed by atoms with Gasteiger partial charge in [-0.15, -0.1) is 0 Å². The first-order chi connectivity index (χ1) is 12.8. The maximum absolute atomic E-state index is 12.1. The highest BCUT2D eigenvalue weighted by molar-refractivity contribution is 5.89. The Hall–Kier alpha value is -3.08. The lowest BCUT2D eigenvalue weighted by atomic mass is 10.2. The average Bonchev–Trinajstić information content (AvgIpc) is 3.17. The molecule has 26 heavy (non-hydrogen) atoms. The van der Waals surface area contributed by atoms with Gasteiger partial charge in [0.1, 0.15) is 18.1 Å². The quantitative estimate of drug-likeness (QED) is 0.428. The molecule has 5 heteroatoms. The van der Waals surface area contributed by atoms with E-state index in [4.69, 9.17) is 14.0 Å². The maximum Gasteiger partial charge on any atom is 0.338 e. The number of hydrogen-bond donors (Lipinski definition) is 0. The Labute approximate surface area is 152 Å². The van der Waals surface area contributed by atoms with Gasteiger partial charge >= 0.3 is 5.97 Å². The minimum absolute atomic E-state index is 0.0594. The average molecular weight is 351 g/mol. The lowest BCUT2D eigenvalue weighted by Crippen LogP contribution is -2.05. The zero-order valence-corrected chi connectivity index (χ0v) is 14.7. The van der Waals surface area contributed by atoms with E-state index in [1.807, 2.05) is 30.3 Å². The third-order valence-corrected chi connectivity index (χ3v) is 3.83. The first-order valence-electron chi connectivity index (χ1n) is 8.67. The van der Waals surface area contributed by atoms with Crippen molar-refractivity contribution in [2.24, 2.45) is 0 Å². The van der Waals surface area contributed by atoms with E-state index < -0.39 is 5.97 Å². The number of carbonyl (C=O) groups is 1. The number of hydrogen-bond acceptors (Lipinski definition) is 5. The lowest BCUT2D eigenvalue weighted by Gasteiger charge is -2.06. The molecule has 2 aromatic carbocycles. The van der Waals surface area contributed by atoms with Crippen molar-refractivity contribution in [2.75, 3.05) is 6.61 Å². The molecule has 0 saturated heterocycles. The van der Waals surface area contributed by atoms with E-state index in [0.29, 0.717) is 23.6 Å². The van der Waals surface area contributed by atoms with Crippen LogP contribution in [0.2, 0.25) is 0 Å². The van der Waals surface area contributed by atoms with Crippen LogP contribution in [0.5, 0.6) is 5.75 Å². The molecular weight excluding hydrogens is 330 g/mol. The van der Waals surface area contributed by atoms with E-state index in [0.717, 1.165) is 24.2 Å². The second-order valence-electron chi connectivity index (χ2n) is 5.85. The first-order valence-corrected chi connectivity index (χ1v) is 8.67. The van der Waals surface area contributed by atoms with Crippen LogP contribution >= 0.6 is 0 Å². The van der Waals surface area contributed by atoms with Gasteiger partial charge in [0.05, 0.1) is 12.2 Å². The number of nitrogens with zero attached hydrogens (tertiary/aromatic N) is 1. The van der Waals surface area contributed by atoms with Crippen LogP contribution < -0.4 is 4.74 Å². The molecular formula is C21H21NO4. The largest absolute Gasteiger partial charge is 0.494 e. The molecule has 134 valence electrons. The van der Waals surface area contributed by atoms with Gasteiger partial charge in [-0.05, 0) is 30.7 Å². The zero-order valence-electron chi connectivity index (χ0n) is 14.7. The van der Waals surface area contributed by atoms with Crippen molar-refractivity contribution in [1.82, 2.24) is 5.16 Å². The fourth-order valence-electron chi connectivity index (χ4n) is 2.36. The summed E-state index contributed by atoms with van der Waals surface area (Å²) in [5, 5.41) is 3.94. The van der Waals surface area contributed by atoms with Crippen molar-refractivity contribution in [2.45, 2.75) is 26.4 Å². The van der Waals surface area contributed by atoms with Crippen LogP contribution in [0.1, 0.15) is 35.8 Å². The SMILES string of the molecule is CCCCOc1ccc(C(=O)OCc2cc(-c3ccccc3)on2)cc1. The Kier molecular flexibility index (Phi) is 6.04. The Morgan fingerprint density at radius 1 is 1.08 bits per heavy atom. The van der Waals surface area contributed by atoms with Gasteiger partial charge in [0, 0.05) is 11.6 Å². The van der Waals surface area contributed by atoms with E-state index in [-0.39, 0.29) is 6.61 Å². The van der Waals surface area contributed by atoms with Gasteiger partial charge in [-0.25, -0.2) is 4.79 Å². The summed E-state index contributed by atoms with van der Waals surface area (Å²) in [6.45, 7) is 2.85. The van der Waals surface area contributed by atoms with Crippen LogP contribution in [0.3, 0.4) is 0 Å². The summed E-state index contributed by atoms with van der Waals surface area (Å²) in [4.78, 5) is 12.1. The summed E-state index contributed by atoms with van der Waals surface area (Å²) < 4.78 is 16.2. The molecule has 1 heterocycles. The summed E-state index contributed by atoms with van der Waals surface area (Å²) in [6, 6.07) is 18.4. The van der Waals surface area contributed by atoms with Gasteiger partial charge in [-0.2, -0.15) is 0 Å². The molecule has 5 nitrogen and oxygen atoms in total. The van der Waals surface area contributed by atoms with Crippen LogP contribution in [-0.2, 0) is 11.3 Å². The summed E-state index contributed by atoms with van der Waals surface area (Å²) in [5.74, 6) is 0.985.